The topological polar surface area (TPSA) is 55.1 Å². The lowest BCUT2D eigenvalue weighted by molar-refractivity contribution is 0.0911. The number of hydrogen-bond donors (Lipinski definition) is 2. The molecule has 1 aromatic carbocycles. The van der Waals surface area contributed by atoms with Gasteiger partial charge in [0.05, 0.1) is 16.3 Å². The van der Waals surface area contributed by atoms with E-state index < -0.39 is 0 Å². The van der Waals surface area contributed by atoms with Crippen LogP contribution < -0.4 is 11.1 Å². The van der Waals surface area contributed by atoms with Crippen LogP contribution in [-0.2, 0) is 0 Å². The van der Waals surface area contributed by atoms with Gasteiger partial charge in [0.2, 0.25) is 0 Å². The average molecular weight is 281 g/mol. The Labute approximate surface area is 119 Å². The minimum absolute atomic E-state index is 0.119. The normalized spacial score (nSPS) is 27.0. The first-order chi connectivity index (χ1) is 8.99. The van der Waals surface area contributed by atoms with E-state index in [-0.39, 0.29) is 11.9 Å². The van der Waals surface area contributed by atoms with Gasteiger partial charge in [0.15, 0.2) is 0 Å². The third-order valence-corrected chi connectivity index (χ3v) is 4.56. The summed E-state index contributed by atoms with van der Waals surface area (Å²) in [6, 6.07) is 5.40. The number of para-hydroxylation sites is 1. The van der Waals surface area contributed by atoms with Crippen LogP contribution in [0, 0.1) is 11.8 Å². The van der Waals surface area contributed by atoms with Crippen molar-refractivity contribution in [3.63, 3.8) is 0 Å². The number of nitrogens with one attached hydrogen (secondary N) is 1. The number of anilines is 1. The van der Waals surface area contributed by atoms with E-state index >= 15 is 0 Å². The van der Waals surface area contributed by atoms with Gasteiger partial charge in [-0.1, -0.05) is 31.5 Å². The Morgan fingerprint density at radius 1 is 1.32 bits per heavy atom. The molecular formula is C15H21ClN2O. The van der Waals surface area contributed by atoms with E-state index in [2.05, 4.69) is 19.2 Å². The summed E-state index contributed by atoms with van der Waals surface area (Å²) in [4.78, 5) is 12.2. The summed E-state index contributed by atoms with van der Waals surface area (Å²) in [6.45, 7) is 4.52. The van der Waals surface area contributed by atoms with Gasteiger partial charge in [-0.2, -0.15) is 0 Å². The monoisotopic (exact) mass is 280 g/mol. The van der Waals surface area contributed by atoms with Gasteiger partial charge in [-0.3, -0.25) is 4.79 Å². The maximum atomic E-state index is 12.2. The molecule has 0 spiro atoms. The van der Waals surface area contributed by atoms with E-state index in [0.29, 0.717) is 22.2 Å². The molecule has 1 amide bonds. The zero-order chi connectivity index (χ0) is 14.0. The number of carbonyl (C=O) groups excluding carboxylic acids is 1. The third kappa shape index (κ3) is 3.21. The summed E-state index contributed by atoms with van der Waals surface area (Å²) < 4.78 is 0. The van der Waals surface area contributed by atoms with Crippen LogP contribution in [0.15, 0.2) is 18.2 Å². The molecule has 1 aromatic rings. The highest BCUT2D eigenvalue weighted by molar-refractivity contribution is 6.33. The smallest absolute Gasteiger partial charge is 0.253 e. The fourth-order valence-corrected chi connectivity index (χ4v) is 2.85. The Morgan fingerprint density at radius 3 is 2.74 bits per heavy atom. The molecule has 19 heavy (non-hydrogen) atoms. The largest absolute Gasteiger partial charge is 0.397 e. The van der Waals surface area contributed by atoms with Crippen LogP contribution in [0.1, 0.15) is 43.5 Å². The lowest BCUT2D eigenvalue weighted by atomic mass is 9.79. The molecule has 0 aromatic heterocycles. The molecule has 3 N–H and O–H groups in total. The van der Waals surface area contributed by atoms with Crippen LogP contribution in [0.4, 0.5) is 5.69 Å². The van der Waals surface area contributed by atoms with Crippen molar-refractivity contribution in [1.29, 1.82) is 0 Å². The second-order valence-corrected chi connectivity index (χ2v) is 6.05. The Hall–Kier alpha value is -1.22. The number of amides is 1. The molecule has 0 radical (unpaired) electrons. The number of benzene rings is 1. The highest BCUT2D eigenvalue weighted by Gasteiger charge is 2.26. The fraction of sp³-hybridized carbons (Fsp3) is 0.533. The SMILES string of the molecule is CC1CCC(NC(=O)c2cccc(Cl)c2N)CC1C. The quantitative estimate of drug-likeness (QED) is 0.815. The second-order valence-electron chi connectivity index (χ2n) is 5.64. The third-order valence-electron chi connectivity index (χ3n) is 4.23. The molecule has 104 valence electrons. The first-order valence-electron chi connectivity index (χ1n) is 6.84. The standard InChI is InChI=1S/C15H21ClN2O/c1-9-6-7-11(8-10(9)2)18-15(19)12-4-3-5-13(16)14(12)17/h3-5,9-11H,6-8,17H2,1-2H3,(H,18,19). The van der Waals surface area contributed by atoms with E-state index in [1.807, 2.05) is 0 Å². The minimum atomic E-state index is -0.119. The van der Waals surface area contributed by atoms with Gasteiger partial charge >= 0.3 is 0 Å². The van der Waals surface area contributed by atoms with Gasteiger partial charge in [-0.15, -0.1) is 0 Å². The first kappa shape index (κ1) is 14.2. The van der Waals surface area contributed by atoms with Crippen molar-refractivity contribution in [2.45, 2.75) is 39.2 Å². The van der Waals surface area contributed by atoms with E-state index in [9.17, 15) is 4.79 Å². The summed E-state index contributed by atoms with van der Waals surface area (Å²) in [5, 5.41) is 3.51. The first-order valence-corrected chi connectivity index (χ1v) is 7.21. The van der Waals surface area contributed by atoms with Gasteiger partial charge in [-0.05, 0) is 43.2 Å². The van der Waals surface area contributed by atoms with Crippen molar-refractivity contribution in [3.8, 4) is 0 Å². The maximum Gasteiger partial charge on any atom is 0.253 e. The van der Waals surface area contributed by atoms with E-state index in [1.54, 1.807) is 18.2 Å². The summed E-state index contributed by atoms with van der Waals surface area (Å²) in [5.41, 5.74) is 6.68. The minimum Gasteiger partial charge on any atom is -0.397 e. The molecule has 0 aliphatic heterocycles. The molecule has 2 rings (SSSR count). The van der Waals surface area contributed by atoms with E-state index in [4.69, 9.17) is 17.3 Å². The summed E-state index contributed by atoms with van der Waals surface area (Å²) in [7, 11) is 0. The van der Waals surface area contributed by atoms with Gasteiger partial charge in [0.1, 0.15) is 0 Å². The number of nitrogens with two attached hydrogens (primary N) is 1. The molecule has 1 aliphatic carbocycles. The zero-order valence-corrected chi connectivity index (χ0v) is 12.2. The Kier molecular flexibility index (Phi) is 4.35. The zero-order valence-electron chi connectivity index (χ0n) is 11.4. The van der Waals surface area contributed by atoms with Crippen molar-refractivity contribution in [2.75, 3.05) is 5.73 Å². The van der Waals surface area contributed by atoms with Gasteiger partial charge in [-0.25, -0.2) is 0 Å². The van der Waals surface area contributed by atoms with Crippen molar-refractivity contribution in [3.05, 3.63) is 28.8 Å². The lowest BCUT2D eigenvalue weighted by Gasteiger charge is -2.32. The van der Waals surface area contributed by atoms with Crippen molar-refractivity contribution < 1.29 is 4.79 Å². The molecule has 1 fully saturated rings. The van der Waals surface area contributed by atoms with E-state index in [0.717, 1.165) is 25.2 Å². The van der Waals surface area contributed by atoms with Gasteiger partial charge in [0.25, 0.3) is 5.91 Å². The Bertz CT molecular complexity index is 475. The molecule has 3 unspecified atom stereocenters. The van der Waals surface area contributed by atoms with Crippen LogP contribution >= 0.6 is 11.6 Å². The van der Waals surface area contributed by atoms with Crippen molar-refractivity contribution in [2.24, 2.45) is 11.8 Å². The maximum absolute atomic E-state index is 12.2. The molecule has 1 aliphatic rings. The van der Waals surface area contributed by atoms with E-state index in [1.165, 1.54) is 0 Å². The predicted molar refractivity (Wildman–Crippen MR) is 79.3 cm³/mol. The number of halogens is 1. The van der Waals surface area contributed by atoms with Gasteiger partial charge in [0, 0.05) is 6.04 Å². The van der Waals surface area contributed by atoms with Crippen molar-refractivity contribution in [1.82, 2.24) is 5.32 Å². The second kappa shape index (κ2) is 5.83. The number of carbonyl (C=O) groups is 1. The molecule has 4 heteroatoms. The highest BCUT2D eigenvalue weighted by atomic mass is 35.5. The van der Waals surface area contributed by atoms with Crippen LogP contribution in [0.25, 0.3) is 0 Å². The molecular weight excluding hydrogens is 260 g/mol. The van der Waals surface area contributed by atoms with Gasteiger partial charge < -0.3 is 11.1 Å². The lowest BCUT2D eigenvalue weighted by Crippen LogP contribution is -2.40. The molecule has 0 heterocycles. The molecule has 1 saturated carbocycles. The van der Waals surface area contributed by atoms with Crippen molar-refractivity contribution >= 4 is 23.2 Å². The average Bonchev–Trinajstić information content (AvgIpc) is 2.37. The van der Waals surface area contributed by atoms with Crippen LogP contribution in [0.2, 0.25) is 5.02 Å². The Morgan fingerprint density at radius 2 is 2.05 bits per heavy atom. The number of rotatable bonds is 2. The van der Waals surface area contributed by atoms with Crippen LogP contribution in [0.5, 0.6) is 0 Å². The van der Waals surface area contributed by atoms with Crippen LogP contribution in [-0.4, -0.2) is 11.9 Å². The predicted octanol–water partition coefficient (Wildman–Crippen LogP) is 3.48. The Balaban J connectivity index is 2.03. The fourth-order valence-electron chi connectivity index (χ4n) is 2.68. The number of hydrogen-bond acceptors (Lipinski definition) is 2. The highest BCUT2D eigenvalue weighted by Crippen LogP contribution is 2.30. The molecule has 0 bridgehead atoms. The molecule has 3 atom stereocenters. The van der Waals surface area contributed by atoms with Crippen LogP contribution in [0.3, 0.4) is 0 Å². The molecule has 3 nitrogen and oxygen atoms in total. The summed E-state index contributed by atoms with van der Waals surface area (Å²) >= 11 is 5.94. The summed E-state index contributed by atoms with van der Waals surface area (Å²) in [5.74, 6) is 1.27. The number of nitrogen functional groups attached to an aromatic ring is 1. The molecule has 0 saturated heterocycles. The summed E-state index contributed by atoms with van der Waals surface area (Å²) in [6.07, 6.45) is 3.24.